The minimum absolute atomic E-state index is 0.181. The quantitative estimate of drug-likeness (QED) is 0.800. The standard InChI is InChI=1S/C14H22N2O/c1-4-16-10-6-8-13(16)12-7-5-9-15-14(12)17-11(2)3/h5,7,9,11,13H,4,6,8,10H2,1-3H3. The zero-order valence-electron chi connectivity index (χ0n) is 11.0. The third-order valence-corrected chi connectivity index (χ3v) is 3.28. The molecule has 3 nitrogen and oxygen atoms in total. The van der Waals surface area contributed by atoms with Crippen molar-refractivity contribution in [2.75, 3.05) is 13.1 Å². The van der Waals surface area contributed by atoms with Gasteiger partial charge in [-0.2, -0.15) is 0 Å². The van der Waals surface area contributed by atoms with E-state index >= 15 is 0 Å². The second-order valence-electron chi connectivity index (χ2n) is 4.85. The Morgan fingerprint density at radius 1 is 1.53 bits per heavy atom. The molecule has 0 aromatic carbocycles. The highest BCUT2D eigenvalue weighted by molar-refractivity contribution is 5.30. The summed E-state index contributed by atoms with van der Waals surface area (Å²) in [6, 6.07) is 4.65. The van der Waals surface area contributed by atoms with E-state index in [0.717, 1.165) is 12.4 Å². The van der Waals surface area contributed by atoms with Gasteiger partial charge in [0.2, 0.25) is 5.88 Å². The minimum Gasteiger partial charge on any atom is -0.475 e. The van der Waals surface area contributed by atoms with Crippen molar-refractivity contribution in [2.24, 2.45) is 0 Å². The van der Waals surface area contributed by atoms with Crippen molar-refractivity contribution in [2.45, 2.75) is 45.8 Å². The van der Waals surface area contributed by atoms with E-state index in [0.29, 0.717) is 6.04 Å². The molecule has 1 saturated heterocycles. The third kappa shape index (κ3) is 2.78. The van der Waals surface area contributed by atoms with E-state index in [1.807, 2.05) is 26.1 Å². The van der Waals surface area contributed by atoms with Crippen LogP contribution in [-0.4, -0.2) is 29.1 Å². The predicted molar refractivity (Wildman–Crippen MR) is 69.2 cm³/mol. The van der Waals surface area contributed by atoms with Crippen LogP contribution in [0.3, 0.4) is 0 Å². The third-order valence-electron chi connectivity index (χ3n) is 3.28. The maximum Gasteiger partial charge on any atom is 0.218 e. The number of pyridine rings is 1. The fourth-order valence-corrected chi connectivity index (χ4v) is 2.54. The molecule has 0 amide bonds. The maximum absolute atomic E-state index is 5.81. The van der Waals surface area contributed by atoms with Crippen molar-refractivity contribution >= 4 is 0 Å². The lowest BCUT2D eigenvalue weighted by molar-refractivity contribution is 0.215. The predicted octanol–water partition coefficient (Wildman–Crippen LogP) is 3.03. The summed E-state index contributed by atoms with van der Waals surface area (Å²) in [5.41, 5.74) is 1.25. The van der Waals surface area contributed by atoms with Gasteiger partial charge in [0, 0.05) is 17.8 Å². The van der Waals surface area contributed by atoms with E-state index in [4.69, 9.17) is 4.74 Å². The first-order valence-corrected chi connectivity index (χ1v) is 6.58. The molecule has 1 aliphatic rings. The molecule has 0 aliphatic carbocycles. The highest BCUT2D eigenvalue weighted by atomic mass is 16.5. The fraction of sp³-hybridized carbons (Fsp3) is 0.643. The van der Waals surface area contributed by atoms with Crippen LogP contribution in [0.15, 0.2) is 18.3 Å². The first-order chi connectivity index (χ1) is 8.22. The summed E-state index contributed by atoms with van der Waals surface area (Å²) < 4.78 is 5.81. The first kappa shape index (κ1) is 12.4. The average molecular weight is 234 g/mol. The lowest BCUT2D eigenvalue weighted by atomic mass is 10.1. The molecule has 1 aromatic rings. The van der Waals surface area contributed by atoms with Gasteiger partial charge in [-0.3, -0.25) is 4.90 Å². The van der Waals surface area contributed by atoms with Crippen LogP contribution in [0.2, 0.25) is 0 Å². The molecule has 2 rings (SSSR count). The minimum atomic E-state index is 0.181. The molecule has 1 fully saturated rings. The van der Waals surface area contributed by atoms with Gasteiger partial charge in [-0.25, -0.2) is 4.98 Å². The molecule has 0 N–H and O–H groups in total. The van der Waals surface area contributed by atoms with Gasteiger partial charge in [0.1, 0.15) is 0 Å². The summed E-state index contributed by atoms with van der Waals surface area (Å²) in [7, 11) is 0. The van der Waals surface area contributed by atoms with Crippen LogP contribution in [0.4, 0.5) is 0 Å². The van der Waals surface area contributed by atoms with Crippen molar-refractivity contribution in [1.82, 2.24) is 9.88 Å². The van der Waals surface area contributed by atoms with Crippen LogP contribution in [0, 0.1) is 0 Å². The molecule has 0 spiro atoms. The number of hydrogen-bond donors (Lipinski definition) is 0. The van der Waals surface area contributed by atoms with Crippen LogP contribution in [-0.2, 0) is 0 Å². The van der Waals surface area contributed by atoms with Crippen molar-refractivity contribution in [3.8, 4) is 5.88 Å². The molecule has 3 heteroatoms. The molecule has 17 heavy (non-hydrogen) atoms. The largest absolute Gasteiger partial charge is 0.475 e. The number of ether oxygens (including phenoxy) is 1. The Morgan fingerprint density at radius 2 is 2.35 bits per heavy atom. The summed E-state index contributed by atoms with van der Waals surface area (Å²) >= 11 is 0. The summed E-state index contributed by atoms with van der Waals surface area (Å²) in [5, 5.41) is 0. The van der Waals surface area contributed by atoms with E-state index in [1.54, 1.807) is 0 Å². The highest BCUT2D eigenvalue weighted by Crippen LogP contribution is 2.35. The number of hydrogen-bond acceptors (Lipinski definition) is 3. The normalized spacial score (nSPS) is 21.1. The smallest absolute Gasteiger partial charge is 0.218 e. The molecule has 0 radical (unpaired) electrons. The first-order valence-electron chi connectivity index (χ1n) is 6.58. The van der Waals surface area contributed by atoms with Gasteiger partial charge in [0.25, 0.3) is 0 Å². The lowest BCUT2D eigenvalue weighted by Gasteiger charge is -2.24. The summed E-state index contributed by atoms with van der Waals surface area (Å²) in [6.45, 7) is 8.60. The van der Waals surface area contributed by atoms with Crippen LogP contribution < -0.4 is 4.74 Å². The topological polar surface area (TPSA) is 25.4 Å². The summed E-state index contributed by atoms with van der Waals surface area (Å²) in [4.78, 5) is 6.89. The van der Waals surface area contributed by atoms with Crippen molar-refractivity contribution in [3.05, 3.63) is 23.9 Å². The molecule has 1 aromatic heterocycles. The van der Waals surface area contributed by atoms with Gasteiger partial charge in [-0.05, 0) is 45.8 Å². The van der Waals surface area contributed by atoms with Crippen LogP contribution in [0.5, 0.6) is 5.88 Å². The number of rotatable bonds is 4. The van der Waals surface area contributed by atoms with Gasteiger partial charge in [0.05, 0.1) is 6.10 Å². The van der Waals surface area contributed by atoms with Crippen molar-refractivity contribution in [1.29, 1.82) is 0 Å². The Hall–Kier alpha value is -1.09. The second-order valence-corrected chi connectivity index (χ2v) is 4.85. The van der Waals surface area contributed by atoms with Crippen LogP contribution in [0.1, 0.15) is 45.2 Å². The van der Waals surface area contributed by atoms with Crippen LogP contribution in [0.25, 0.3) is 0 Å². The number of likely N-dealkylation sites (tertiary alicyclic amines) is 1. The van der Waals surface area contributed by atoms with E-state index in [9.17, 15) is 0 Å². The number of nitrogens with zero attached hydrogens (tertiary/aromatic N) is 2. The Balaban J connectivity index is 2.24. The molecular formula is C14H22N2O. The highest BCUT2D eigenvalue weighted by Gasteiger charge is 2.27. The van der Waals surface area contributed by atoms with E-state index < -0.39 is 0 Å². The van der Waals surface area contributed by atoms with Crippen LogP contribution >= 0.6 is 0 Å². The van der Waals surface area contributed by atoms with Gasteiger partial charge in [0.15, 0.2) is 0 Å². The van der Waals surface area contributed by atoms with Gasteiger partial charge < -0.3 is 4.74 Å². The molecule has 1 atom stereocenters. The second kappa shape index (κ2) is 5.50. The zero-order valence-corrected chi connectivity index (χ0v) is 11.0. The van der Waals surface area contributed by atoms with Crippen molar-refractivity contribution in [3.63, 3.8) is 0 Å². The van der Waals surface area contributed by atoms with Crippen molar-refractivity contribution < 1.29 is 4.74 Å². The van der Waals surface area contributed by atoms with E-state index in [2.05, 4.69) is 22.9 Å². The average Bonchev–Trinajstić information content (AvgIpc) is 2.77. The Morgan fingerprint density at radius 3 is 3.06 bits per heavy atom. The monoisotopic (exact) mass is 234 g/mol. The van der Waals surface area contributed by atoms with Gasteiger partial charge >= 0.3 is 0 Å². The molecule has 94 valence electrons. The Kier molecular flexibility index (Phi) is 4.00. The summed E-state index contributed by atoms with van der Waals surface area (Å²) in [6.07, 6.45) is 4.48. The molecule has 0 saturated carbocycles. The molecule has 1 unspecified atom stereocenters. The zero-order chi connectivity index (χ0) is 12.3. The molecule has 2 heterocycles. The molecule has 0 bridgehead atoms. The molecular weight excluding hydrogens is 212 g/mol. The SMILES string of the molecule is CCN1CCCC1c1cccnc1OC(C)C. The van der Waals surface area contributed by atoms with E-state index in [1.165, 1.54) is 24.9 Å². The Bertz CT molecular complexity index is 365. The lowest BCUT2D eigenvalue weighted by Crippen LogP contribution is -2.23. The molecule has 1 aliphatic heterocycles. The van der Waals surface area contributed by atoms with Gasteiger partial charge in [-0.15, -0.1) is 0 Å². The van der Waals surface area contributed by atoms with Gasteiger partial charge in [-0.1, -0.05) is 13.0 Å². The van der Waals surface area contributed by atoms with E-state index in [-0.39, 0.29) is 6.10 Å². The fourth-order valence-electron chi connectivity index (χ4n) is 2.54. The Labute approximate surface area is 104 Å². The maximum atomic E-state index is 5.81. The summed E-state index contributed by atoms with van der Waals surface area (Å²) in [5.74, 6) is 0.813. The number of aromatic nitrogens is 1.